The second kappa shape index (κ2) is 5.01. The van der Waals surface area contributed by atoms with Gasteiger partial charge in [-0.2, -0.15) is 0 Å². The van der Waals surface area contributed by atoms with Gasteiger partial charge in [-0.1, -0.05) is 86.7 Å². The van der Waals surface area contributed by atoms with Gasteiger partial charge < -0.3 is 0 Å². The van der Waals surface area contributed by atoms with E-state index in [9.17, 15) is 0 Å². The fourth-order valence-electron chi connectivity index (χ4n) is 6.09. The molecule has 0 amide bonds. The Morgan fingerprint density at radius 3 is 1.56 bits per heavy atom. The summed E-state index contributed by atoms with van der Waals surface area (Å²) in [6.07, 6.45) is 13.4. The fourth-order valence-corrected chi connectivity index (χ4v) is 6.09. The van der Waals surface area contributed by atoms with Crippen molar-refractivity contribution in [1.29, 1.82) is 0 Å². The third-order valence-corrected chi connectivity index (χ3v) is 7.59. The summed E-state index contributed by atoms with van der Waals surface area (Å²) in [5.74, 6) is 0. The van der Waals surface area contributed by atoms with Gasteiger partial charge in [0.1, 0.15) is 0 Å². The molecule has 4 aliphatic rings. The van der Waals surface area contributed by atoms with Crippen LogP contribution in [0.2, 0.25) is 0 Å². The molecular weight excluding hydrogens is 324 g/mol. The Labute approximate surface area is 161 Å². The van der Waals surface area contributed by atoms with Crippen LogP contribution in [0, 0.1) is 10.8 Å². The Kier molecular flexibility index (Phi) is 2.87. The van der Waals surface area contributed by atoms with Gasteiger partial charge in [0.15, 0.2) is 0 Å². The van der Waals surface area contributed by atoms with Crippen LogP contribution in [-0.2, 0) is 0 Å². The van der Waals surface area contributed by atoms with Gasteiger partial charge >= 0.3 is 0 Å². The van der Waals surface area contributed by atoms with Gasteiger partial charge in [0.05, 0.1) is 0 Å². The topological polar surface area (TPSA) is 0 Å². The molecule has 2 unspecified atom stereocenters. The predicted molar refractivity (Wildman–Crippen MR) is 115 cm³/mol. The molecule has 0 bridgehead atoms. The molecule has 1 fully saturated rings. The fraction of sp³-hybridized carbons (Fsp3) is 0.259. The Hall–Kier alpha value is -2.60. The molecule has 27 heavy (non-hydrogen) atoms. The number of hydrogen-bond donors (Lipinski definition) is 0. The number of rotatable bonds is 0. The molecule has 0 aromatic heterocycles. The van der Waals surface area contributed by atoms with E-state index in [0.717, 1.165) is 0 Å². The van der Waals surface area contributed by atoms with Crippen molar-refractivity contribution in [3.05, 3.63) is 94.1 Å². The monoisotopic (exact) mass is 348 g/mol. The average molecular weight is 348 g/mol. The van der Waals surface area contributed by atoms with Crippen molar-refractivity contribution in [2.24, 2.45) is 10.8 Å². The van der Waals surface area contributed by atoms with Crippen molar-refractivity contribution >= 4 is 23.3 Å². The van der Waals surface area contributed by atoms with Crippen molar-refractivity contribution in [2.45, 2.75) is 33.1 Å². The van der Waals surface area contributed by atoms with E-state index in [1.807, 2.05) is 0 Å². The SMILES string of the molecule is CC12C=Cc3ccccc3C1=C1CCCC1=C1c3ccccc3C=CC12C. The molecule has 0 spiro atoms. The van der Waals surface area contributed by atoms with Crippen LogP contribution in [0.1, 0.15) is 55.4 Å². The quantitative estimate of drug-likeness (QED) is 0.474. The first-order valence-corrected chi connectivity index (χ1v) is 10.2. The molecule has 2 aromatic carbocycles. The van der Waals surface area contributed by atoms with Crippen molar-refractivity contribution in [1.82, 2.24) is 0 Å². The molecule has 0 heterocycles. The zero-order valence-corrected chi connectivity index (χ0v) is 16.0. The lowest BCUT2D eigenvalue weighted by Gasteiger charge is -2.54. The molecule has 2 atom stereocenters. The van der Waals surface area contributed by atoms with Crippen molar-refractivity contribution in [2.75, 3.05) is 0 Å². The smallest absolute Gasteiger partial charge is 0.0245 e. The van der Waals surface area contributed by atoms with E-state index in [4.69, 9.17) is 0 Å². The highest BCUT2D eigenvalue weighted by atomic mass is 14.6. The molecule has 0 nitrogen and oxygen atoms in total. The summed E-state index contributed by atoms with van der Waals surface area (Å²) in [7, 11) is 0. The van der Waals surface area contributed by atoms with Gasteiger partial charge in [-0.05, 0) is 63.8 Å². The second-order valence-electron chi connectivity index (χ2n) is 8.81. The van der Waals surface area contributed by atoms with E-state index in [1.54, 1.807) is 22.3 Å². The minimum atomic E-state index is -0.0100. The zero-order valence-electron chi connectivity index (χ0n) is 16.0. The van der Waals surface area contributed by atoms with Crippen LogP contribution in [0.5, 0.6) is 0 Å². The highest BCUT2D eigenvalue weighted by Crippen LogP contribution is 2.67. The Morgan fingerprint density at radius 1 is 0.630 bits per heavy atom. The van der Waals surface area contributed by atoms with Crippen LogP contribution in [0.15, 0.2) is 71.8 Å². The minimum Gasteiger partial charge on any atom is -0.0724 e. The molecule has 0 heteroatoms. The summed E-state index contributed by atoms with van der Waals surface area (Å²) in [5, 5.41) is 0. The van der Waals surface area contributed by atoms with Crippen molar-refractivity contribution in [3.63, 3.8) is 0 Å². The maximum atomic E-state index is 2.49. The molecule has 2 aromatic rings. The third kappa shape index (κ3) is 1.74. The van der Waals surface area contributed by atoms with Crippen molar-refractivity contribution in [3.8, 4) is 0 Å². The molecule has 0 N–H and O–H groups in total. The first kappa shape index (κ1) is 15.5. The standard InChI is InChI=1S/C27H24/c1-26-16-14-18-8-3-5-10-20(18)24(26)22-12-7-13-23(22)25-21-11-6-4-9-19(21)15-17-27(25,26)2/h3-6,8-11,14-17H,7,12-13H2,1-2H3. The highest BCUT2D eigenvalue weighted by molar-refractivity contribution is 5.99. The van der Waals surface area contributed by atoms with Gasteiger partial charge in [0.25, 0.3) is 0 Å². The number of fused-ring (bicyclic) bond motifs is 8. The first-order chi connectivity index (χ1) is 13.1. The maximum absolute atomic E-state index is 2.49. The van der Waals surface area contributed by atoms with Crippen LogP contribution in [0.4, 0.5) is 0 Å². The first-order valence-electron chi connectivity index (χ1n) is 10.2. The van der Waals surface area contributed by atoms with E-state index in [2.05, 4.69) is 86.7 Å². The van der Waals surface area contributed by atoms with Gasteiger partial charge in [-0.15, -0.1) is 0 Å². The van der Waals surface area contributed by atoms with Gasteiger partial charge in [-0.25, -0.2) is 0 Å². The number of allylic oxidation sites excluding steroid dienone is 6. The summed E-state index contributed by atoms with van der Waals surface area (Å²) >= 11 is 0. The lowest BCUT2D eigenvalue weighted by molar-refractivity contribution is 0.337. The Balaban J connectivity index is 1.77. The van der Waals surface area contributed by atoms with Gasteiger partial charge in [0.2, 0.25) is 0 Å². The van der Waals surface area contributed by atoms with E-state index in [-0.39, 0.29) is 10.8 Å². The maximum Gasteiger partial charge on any atom is 0.0245 e. The Bertz CT molecular complexity index is 1030. The molecule has 132 valence electrons. The minimum absolute atomic E-state index is 0.0100. The normalized spacial score (nSPS) is 29.9. The summed E-state index contributed by atoms with van der Waals surface area (Å²) in [4.78, 5) is 0. The Morgan fingerprint density at radius 2 is 1.07 bits per heavy atom. The average Bonchev–Trinajstić information content (AvgIpc) is 3.16. The summed E-state index contributed by atoms with van der Waals surface area (Å²) in [5.41, 5.74) is 12.1. The highest BCUT2D eigenvalue weighted by Gasteiger charge is 2.54. The molecule has 6 rings (SSSR count). The van der Waals surface area contributed by atoms with Crippen LogP contribution in [0.25, 0.3) is 23.3 Å². The molecule has 0 aliphatic heterocycles. The van der Waals surface area contributed by atoms with E-state index >= 15 is 0 Å². The summed E-state index contributed by atoms with van der Waals surface area (Å²) in [6, 6.07) is 17.9. The molecule has 1 saturated carbocycles. The number of hydrogen-bond acceptors (Lipinski definition) is 0. The van der Waals surface area contributed by atoms with Gasteiger partial charge in [0, 0.05) is 10.8 Å². The van der Waals surface area contributed by atoms with Crippen LogP contribution >= 0.6 is 0 Å². The molecule has 0 radical (unpaired) electrons. The van der Waals surface area contributed by atoms with E-state index in [1.165, 1.54) is 41.5 Å². The summed E-state index contributed by atoms with van der Waals surface area (Å²) < 4.78 is 0. The van der Waals surface area contributed by atoms with Crippen molar-refractivity contribution < 1.29 is 0 Å². The summed E-state index contributed by atoms with van der Waals surface area (Å²) in [6.45, 7) is 4.93. The van der Waals surface area contributed by atoms with E-state index < -0.39 is 0 Å². The molecule has 0 saturated heterocycles. The van der Waals surface area contributed by atoms with Crippen LogP contribution in [0.3, 0.4) is 0 Å². The second-order valence-corrected chi connectivity index (χ2v) is 8.81. The van der Waals surface area contributed by atoms with E-state index in [0.29, 0.717) is 0 Å². The predicted octanol–water partition coefficient (Wildman–Crippen LogP) is 7.16. The largest absolute Gasteiger partial charge is 0.0724 e. The zero-order chi connectivity index (χ0) is 18.2. The lowest BCUT2D eigenvalue weighted by atomic mass is 9.49. The number of benzene rings is 2. The molecule has 4 aliphatic carbocycles. The third-order valence-electron chi connectivity index (χ3n) is 7.59. The lowest BCUT2D eigenvalue weighted by Crippen LogP contribution is -2.42. The molecular formula is C27H24. The van der Waals surface area contributed by atoms with Gasteiger partial charge in [-0.3, -0.25) is 0 Å². The van der Waals surface area contributed by atoms with Crippen LogP contribution in [-0.4, -0.2) is 0 Å². The van der Waals surface area contributed by atoms with Crippen LogP contribution < -0.4 is 0 Å².